The van der Waals surface area contributed by atoms with Gasteiger partial charge in [-0.3, -0.25) is 4.79 Å². The van der Waals surface area contributed by atoms with Gasteiger partial charge in [0.15, 0.2) is 6.73 Å². The number of carbonyl (C=O) groups excluding carboxylic acids is 1. The van der Waals surface area contributed by atoms with Crippen molar-refractivity contribution in [3.05, 3.63) is 4.91 Å². The highest BCUT2D eigenvalue weighted by Gasteiger charge is 2.03. The lowest BCUT2D eigenvalue weighted by Crippen LogP contribution is -2.23. The van der Waals surface area contributed by atoms with Crippen LogP contribution in [0.15, 0.2) is 5.29 Å². The first-order chi connectivity index (χ1) is 6.20. The van der Waals surface area contributed by atoms with Crippen molar-refractivity contribution in [2.45, 2.75) is 19.8 Å². The minimum atomic E-state index is -0.425. The number of esters is 1. The lowest BCUT2D eigenvalue weighted by atomic mass is 10.3. The Morgan fingerprint density at radius 2 is 2.23 bits per heavy atom. The molecule has 0 atom stereocenters. The zero-order valence-corrected chi connectivity index (χ0v) is 8.29. The fourth-order valence-corrected chi connectivity index (χ4v) is 0.872. The molecule has 0 aliphatic rings. The Labute approximate surface area is 81.9 Å². The number of rotatable bonds is 7. The van der Waals surface area contributed by atoms with Gasteiger partial charge in [-0.05, 0) is 12.8 Å². The average Bonchev–Trinajstić information content (AvgIpc) is 2.10. The molecule has 0 radical (unpaired) electrons. The topological polar surface area (TPSA) is 59.0 Å². The van der Waals surface area contributed by atoms with E-state index in [4.69, 9.17) is 11.6 Å². The molecule has 0 saturated carbocycles. The zero-order valence-electron chi connectivity index (χ0n) is 7.53. The molecule has 0 amide bonds. The lowest BCUT2D eigenvalue weighted by molar-refractivity contribution is -0.145. The third-order valence-electron chi connectivity index (χ3n) is 1.33. The summed E-state index contributed by atoms with van der Waals surface area (Å²) in [6.07, 6.45) is 1.57. The molecule has 0 fully saturated rings. The summed E-state index contributed by atoms with van der Waals surface area (Å²) in [7, 11) is 0. The first-order valence-electron chi connectivity index (χ1n) is 3.98. The number of carbonyl (C=O) groups is 1. The summed E-state index contributed by atoms with van der Waals surface area (Å²) in [6.45, 7) is 1.66. The van der Waals surface area contributed by atoms with Gasteiger partial charge in [0.1, 0.15) is 0 Å². The van der Waals surface area contributed by atoms with Crippen LogP contribution in [0, 0.1) is 4.91 Å². The van der Waals surface area contributed by atoms with Crippen LogP contribution in [-0.4, -0.2) is 30.1 Å². The molecule has 5 nitrogen and oxygen atoms in total. The van der Waals surface area contributed by atoms with Crippen molar-refractivity contribution in [1.29, 1.82) is 0 Å². The van der Waals surface area contributed by atoms with Crippen molar-refractivity contribution in [3.63, 3.8) is 0 Å². The molecule has 0 N–H and O–H groups in total. The van der Waals surface area contributed by atoms with Crippen LogP contribution in [0.4, 0.5) is 0 Å². The molecule has 0 aliphatic heterocycles. The molecule has 0 unspecified atom stereocenters. The van der Waals surface area contributed by atoms with Crippen LogP contribution in [-0.2, 0) is 9.53 Å². The van der Waals surface area contributed by atoms with Gasteiger partial charge in [-0.2, -0.15) is 0 Å². The Hall–Kier alpha value is -0.840. The molecule has 0 rings (SSSR count). The van der Waals surface area contributed by atoms with E-state index in [2.05, 4.69) is 10.0 Å². The number of unbranched alkanes of at least 4 members (excludes halogenated alkanes) is 1. The van der Waals surface area contributed by atoms with Crippen LogP contribution >= 0.6 is 11.6 Å². The molecule has 0 aromatic rings. The van der Waals surface area contributed by atoms with Gasteiger partial charge in [0.25, 0.3) is 0 Å². The van der Waals surface area contributed by atoms with Crippen LogP contribution in [0.2, 0.25) is 0 Å². The van der Waals surface area contributed by atoms with E-state index in [1.165, 1.54) is 6.92 Å². The predicted molar refractivity (Wildman–Crippen MR) is 49.1 cm³/mol. The van der Waals surface area contributed by atoms with Crippen LogP contribution in [0.1, 0.15) is 19.8 Å². The molecular formula is C7H13ClN2O3. The summed E-state index contributed by atoms with van der Waals surface area (Å²) in [5.74, 6) is 0.131. The number of hydrogen-bond acceptors (Lipinski definition) is 4. The van der Waals surface area contributed by atoms with E-state index in [1.807, 2.05) is 0 Å². The van der Waals surface area contributed by atoms with Gasteiger partial charge in [-0.25, -0.2) is 5.01 Å². The molecule has 0 aromatic heterocycles. The number of nitrogens with zero attached hydrogens (tertiary/aromatic N) is 2. The summed E-state index contributed by atoms with van der Waals surface area (Å²) in [4.78, 5) is 20.5. The number of alkyl halides is 1. The number of ether oxygens (including phenoxy) is 1. The van der Waals surface area contributed by atoms with Crippen LogP contribution in [0.25, 0.3) is 0 Å². The molecule has 13 heavy (non-hydrogen) atoms. The Balaban J connectivity index is 3.51. The maximum Gasteiger partial charge on any atom is 0.304 e. The second-order valence-electron chi connectivity index (χ2n) is 2.47. The third kappa shape index (κ3) is 7.52. The molecule has 0 heterocycles. The van der Waals surface area contributed by atoms with E-state index in [0.717, 1.165) is 17.9 Å². The normalized spacial score (nSPS) is 9.38. The second kappa shape index (κ2) is 7.79. The van der Waals surface area contributed by atoms with Gasteiger partial charge in [0.05, 0.1) is 5.29 Å². The molecule has 0 aliphatic carbocycles. The highest BCUT2D eigenvalue weighted by Crippen LogP contribution is 1.97. The van der Waals surface area contributed by atoms with Crippen LogP contribution in [0.3, 0.4) is 0 Å². The summed E-state index contributed by atoms with van der Waals surface area (Å²) in [6, 6.07) is 0. The van der Waals surface area contributed by atoms with Gasteiger partial charge in [0, 0.05) is 19.3 Å². The lowest BCUT2D eigenvalue weighted by Gasteiger charge is -2.13. The minimum Gasteiger partial charge on any atom is -0.443 e. The van der Waals surface area contributed by atoms with Crippen molar-refractivity contribution in [2.24, 2.45) is 5.29 Å². The van der Waals surface area contributed by atoms with E-state index in [1.54, 1.807) is 0 Å². The highest BCUT2D eigenvalue weighted by molar-refractivity contribution is 6.17. The Morgan fingerprint density at radius 1 is 1.54 bits per heavy atom. The van der Waals surface area contributed by atoms with Crippen molar-refractivity contribution >= 4 is 17.6 Å². The minimum absolute atomic E-state index is 0.0822. The highest BCUT2D eigenvalue weighted by atomic mass is 35.5. The maximum atomic E-state index is 10.4. The van der Waals surface area contributed by atoms with E-state index < -0.39 is 5.97 Å². The molecule has 0 bridgehead atoms. The number of halogens is 1. The van der Waals surface area contributed by atoms with Crippen molar-refractivity contribution < 1.29 is 9.53 Å². The van der Waals surface area contributed by atoms with Crippen LogP contribution in [0.5, 0.6) is 0 Å². The van der Waals surface area contributed by atoms with E-state index in [-0.39, 0.29) is 6.73 Å². The molecular weight excluding hydrogens is 196 g/mol. The monoisotopic (exact) mass is 208 g/mol. The second-order valence-corrected chi connectivity index (χ2v) is 2.85. The number of hydrogen-bond donors (Lipinski definition) is 0. The van der Waals surface area contributed by atoms with E-state index >= 15 is 0 Å². The molecule has 0 saturated heterocycles. The molecule has 0 spiro atoms. The first kappa shape index (κ1) is 12.2. The van der Waals surface area contributed by atoms with E-state index in [0.29, 0.717) is 12.4 Å². The van der Waals surface area contributed by atoms with Gasteiger partial charge >= 0.3 is 5.97 Å². The predicted octanol–water partition coefficient (Wildman–Crippen LogP) is 1.51. The Bertz CT molecular complexity index is 166. The average molecular weight is 209 g/mol. The van der Waals surface area contributed by atoms with Gasteiger partial charge in [0.2, 0.25) is 0 Å². The molecule has 6 heteroatoms. The Kier molecular flexibility index (Phi) is 7.29. The molecule has 0 aromatic carbocycles. The summed E-state index contributed by atoms with van der Waals surface area (Å²) in [5, 5.41) is 3.84. The van der Waals surface area contributed by atoms with Crippen LogP contribution < -0.4 is 0 Å². The fourth-order valence-electron chi connectivity index (χ4n) is 0.683. The van der Waals surface area contributed by atoms with Crippen molar-refractivity contribution in [1.82, 2.24) is 5.01 Å². The quantitative estimate of drug-likeness (QED) is 0.159. The molecule has 76 valence electrons. The van der Waals surface area contributed by atoms with Gasteiger partial charge in [-0.1, -0.05) is 0 Å². The van der Waals surface area contributed by atoms with Crippen molar-refractivity contribution in [2.75, 3.05) is 19.2 Å². The van der Waals surface area contributed by atoms with Crippen molar-refractivity contribution in [3.8, 4) is 0 Å². The first-order valence-corrected chi connectivity index (χ1v) is 4.51. The standard InChI is InChI=1S/C7H13ClN2O3/c1-7(11)13-6-10(9-12)5-3-2-4-8/h2-6H2,1H3. The summed E-state index contributed by atoms with van der Waals surface area (Å²) < 4.78 is 4.59. The smallest absolute Gasteiger partial charge is 0.304 e. The zero-order chi connectivity index (χ0) is 10.1. The summed E-state index contributed by atoms with van der Waals surface area (Å²) >= 11 is 5.44. The Morgan fingerprint density at radius 3 is 2.69 bits per heavy atom. The largest absolute Gasteiger partial charge is 0.443 e. The van der Waals surface area contributed by atoms with Gasteiger partial charge < -0.3 is 4.74 Å². The van der Waals surface area contributed by atoms with Gasteiger partial charge in [-0.15, -0.1) is 16.5 Å². The van der Waals surface area contributed by atoms with E-state index in [9.17, 15) is 9.70 Å². The SMILES string of the molecule is CC(=O)OCN(CCCCCl)N=O. The third-order valence-corrected chi connectivity index (χ3v) is 1.60. The number of nitroso groups, excluding NO2 is 1. The summed E-state index contributed by atoms with van der Waals surface area (Å²) in [5.41, 5.74) is 0. The maximum absolute atomic E-state index is 10.4. The fraction of sp³-hybridized carbons (Fsp3) is 0.857.